The van der Waals surface area contributed by atoms with E-state index in [0.717, 1.165) is 18.5 Å². The molecule has 2 aromatic carbocycles. The maximum absolute atomic E-state index is 12.3. The number of hydrogen-bond acceptors (Lipinski definition) is 3. The summed E-state index contributed by atoms with van der Waals surface area (Å²) in [7, 11) is 1.45. The third-order valence-electron chi connectivity index (χ3n) is 3.87. The lowest BCUT2D eigenvalue weighted by Gasteiger charge is -2.26. The van der Waals surface area contributed by atoms with Gasteiger partial charge in [-0.15, -0.1) is 0 Å². The molecule has 22 heavy (non-hydrogen) atoms. The molecule has 2 aromatic rings. The number of methoxy groups -OCH3 is 1. The van der Waals surface area contributed by atoms with Crippen molar-refractivity contribution in [3.8, 4) is 0 Å². The van der Waals surface area contributed by atoms with E-state index in [-0.39, 0.29) is 17.9 Å². The first kappa shape index (κ1) is 16.2. The van der Waals surface area contributed by atoms with Crippen molar-refractivity contribution >= 4 is 5.97 Å². The van der Waals surface area contributed by atoms with Gasteiger partial charge in [-0.25, -0.2) is 0 Å². The first-order valence-corrected chi connectivity index (χ1v) is 7.66. The van der Waals surface area contributed by atoms with Gasteiger partial charge in [0.05, 0.1) is 13.0 Å². The highest BCUT2D eigenvalue weighted by Gasteiger charge is 2.29. The summed E-state index contributed by atoms with van der Waals surface area (Å²) in [4.78, 5) is 12.3. The fraction of sp³-hybridized carbons (Fsp3) is 0.316. The van der Waals surface area contributed by atoms with E-state index >= 15 is 0 Å². The highest BCUT2D eigenvalue weighted by atomic mass is 16.5. The molecule has 0 radical (unpaired) electrons. The topological polar surface area (TPSA) is 38.3 Å². The Morgan fingerprint density at radius 1 is 1.05 bits per heavy atom. The number of nitrogens with one attached hydrogen (secondary N) is 1. The summed E-state index contributed by atoms with van der Waals surface area (Å²) in [6, 6.07) is 20.1. The predicted molar refractivity (Wildman–Crippen MR) is 88.6 cm³/mol. The monoisotopic (exact) mass is 297 g/mol. The van der Waals surface area contributed by atoms with Crippen LogP contribution in [0.25, 0.3) is 0 Å². The molecule has 0 amide bonds. The van der Waals surface area contributed by atoms with Crippen LogP contribution in [-0.4, -0.2) is 19.1 Å². The van der Waals surface area contributed by atoms with Crippen molar-refractivity contribution < 1.29 is 9.53 Å². The molecule has 0 aliphatic carbocycles. The van der Waals surface area contributed by atoms with Crippen molar-refractivity contribution in [3.63, 3.8) is 0 Å². The summed E-state index contributed by atoms with van der Waals surface area (Å²) < 4.78 is 5.02. The summed E-state index contributed by atoms with van der Waals surface area (Å²) in [6.45, 7) is 2.82. The van der Waals surface area contributed by atoms with E-state index in [1.54, 1.807) is 0 Å². The molecule has 116 valence electrons. The third kappa shape index (κ3) is 4.18. The third-order valence-corrected chi connectivity index (χ3v) is 3.87. The lowest BCUT2D eigenvalue weighted by Crippen LogP contribution is -2.38. The molecular formula is C19H23NO2. The highest BCUT2D eigenvalue weighted by molar-refractivity contribution is 5.79. The minimum atomic E-state index is -0.292. The fourth-order valence-electron chi connectivity index (χ4n) is 2.66. The quantitative estimate of drug-likeness (QED) is 0.795. The van der Waals surface area contributed by atoms with Crippen molar-refractivity contribution in [3.05, 3.63) is 71.8 Å². The molecule has 0 spiro atoms. The second kappa shape index (κ2) is 8.35. The van der Waals surface area contributed by atoms with E-state index in [2.05, 4.69) is 24.4 Å². The lowest BCUT2D eigenvalue weighted by molar-refractivity contribution is -0.143. The van der Waals surface area contributed by atoms with Crippen LogP contribution >= 0.6 is 0 Å². The number of carbonyl (C=O) groups excluding carboxylic acids is 1. The SMILES string of the molecule is CC[C@@H](NCc1ccccc1)[C@H](C(=O)OC)c1ccccc1. The van der Waals surface area contributed by atoms with Crippen molar-refractivity contribution in [2.45, 2.75) is 31.8 Å². The second-order valence-corrected chi connectivity index (χ2v) is 5.29. The number of rotatable bonds is 7. The molecule has 0 aliphatic heterocycles. The van der Waals surface area contributed by atoms with E-state index in [1.165, 1.54) is 12.7 Å². The van der Waals surface area contributed by atoms with Crippen molar-refractivity contribution in [2.75, 3.05) is 7.11 Å². The molecule has 0 unspecified atom stereocenters. The Kier molecular flexibility index (Phi) is 6.16. The molecule has 0 heterocycles. The van der Waals surface area contributed by atoms with Gasteiger partial charge in [-0.3, -0.25) is 4.79 Å². The van der Waals surface area contributed by atoms with E-state index in [1.807, 2.05) is 48.5 Å². The van der Waals surface area contributed by atoms with Crippen LogP contribution in [0.2, 0.25) is 0 Å². The largest absolute Gasteiger partial charge is 0.469 e. The Hall–Kier alpha value is -2.13. The van der Waals surface area contributed by atoms with Crippen LogP contribution in [0.3, 0.4) is 0 Å². The molecule has 0 fully saturated rings. The molecule has 2 rings (SSSR count). The highest BCUT2D eigenvalue weighted by Crippen LogP contribution is 2.23. The summed E-state index contributed by atoms with van der Waals surface area (Å²) in [5.74, 6) is -0.487. The standard InChI is InChI=1S/C19H23NO2/c1-3-17(20-14-15-10-6-4-7-11-15)18(19(21)22-2)16-12-8-5-9-13-16/h4-13,17-18,20H,3,14H2,1-2H3/t17-,18-/m1/s1. The van der Waals surface area contributed by atoms with Gasteiger partial charge in [0, 0.05) is 12.6 Å². The van der Waals surface area contributed by atoms with Gasteiger partial charge in [0.15, 0.2) is 0 Å². The van der Waals surface area contributed by atoms with Gasteiger partial charge in [0.25, 0.3) is 0 Å². The van der Waals surface area contributed by atoms with E-state index in [4.69, 9.17) is 4.74 Å². The molecule has 0 saturated heterocycles. The average molecular weight is 297 g/mol. The van der Waals surface area contributed by atoms with E-state index in [0.29, 0.717) is 0 Å². The lowest BCUT2D eigenvalue weighted by atomic mass is 9.89. The Bertz CT molecular complexity index is 569. The minimum Gasteiger partial charge on any atom is -0.469 e. The molecular weight excluding hydrogens is 274 g/mol. The van der Waals surface area contributed by atoms with Crippen LogP contribution in [0.1, 0.15) is 30.4 Å². The zero-order valence-corrected chi connectivity index (χ0v) is 13.2. The molecule has 0 saturated carbocycles. The van der Waals surface area contributed by atoms with Gasteiger partial charge >= 0.3 is 5.97 Å². The van der Waals surface area contributed by atoms with Crippen molar-refractivity contribution in [1.82, 2.24) is 5.32 Å². The Balaban J connectivity index is 2.15. The molecule has 1 N–H and O–H groups in total. The van der Waals surface area contributed by atoms with Crippen LogP contribution in [0.15, 0.2) is 60.7 Å². The summed E-state index contributed by atoms with van der Waals surface area (Å²) >= 11 is 0. The van der Waals surface area contributed by atoms with Crippen LogP contribution in [0.5, 0.6) is 0 Å². The number of ether oxygens (including phenoxy) is 1. The number of hydrogen-bond donors (Lipinski definition) is 1. The maximum Gasteiger partial charge on any atom is 0.314 e. The van der Waals surface area contributed by atoms with E-state index < -0.39 is 0 Å². The summed E-state index contributed by atoms with van der Waals surface area (Å²) in [5, 5.41) is 3.50. The molecule has 0 aliphatic rings. The fourth-order valence-corrected chi connectivity index (χ4v) is 2.66. The number of benzene rings is 2. The van der Waals surface area contributed by atoms with Crippen LogP contribution in [-0.2, 0) is 16.1 Å². The van der Waals surface area contributed by atoms with Crippen molar-refractivity contribution in [2.24, 2.45) is 0 Å². The molecule has 0 bridgehead atoms. The van der Waals surface area contributed by atoms with Gasteiger partial charge in [0.2, 0.25) is 0 Å². The second-order valence-electron chi connectivity index (χ2n) is 5.29. The number of esters is 1. The zero-order chi connectivity index (χ0) is 15.8. The average Bonchev–Trinajstić information content (AvgIpc) is 2.59. The first-order chi connectivity index (χ1) is 10.8. The maximum atomic E-state index is 12.3. The van der Waals surface area contributed by atoms with Gasteiger partial charge in [0.1, 0.15) is 0 Å². The van der Waals surface area contributed by atoms with Crippen molar-refractivity contribution in [1.29, 1.82) is 0 Å². The van der Waals surface area contributed by atoms with Crippen LogP contribution in [0, 0.1) is 0 Å². The van der Waals surface area contributed by atoms with Gasteiger partial charge in [-0.05, 0) is 17.5 Å². The van der Waals surface area contributed by atoms with E-state index in [9.17, 15) is 4.79 Å². The minimum absolute atomic E-state index is 0.0371. The summed E-state index contributed by atoms with van der Waals surface area (Å²) in [5.41, 5.74) is 2.19. The Morgan fingerprint density at radius 2 is 1.64 bits per heavy atom. The molecule has 3 nitrogen and oxygen atoms in total. The van der Waals surface area contributed by atoms with Gasteiger partial charge < -0.3 is 10.1 Å². The number of carbonyl (C=O) groups is 1. The first-order valence-electron chi connectivity index (χ1n) is 7.66. The predicted octanol–water partition coefficient (Wildman–Crippen LogP) is 3.51. The molecule has 0 aromatic heterocycles. The molecule has 3 heteroatoms. The summed E-state index contributed by atoms with van der Waals surface area (Å²) in [6.07, 6.45) is 0.849. The Morgan fingerprint density at radius 3 is 2.18 bits per heavy atom. The molecule has 2 atom stereocenters. The normalized spacial score (nSPS) is 13.4. The van der Waals surface area contributed by atoms with Gasteiger partial charge in [-0.1, -0.05) is 67.6 Å². The van der Waals surface area contributed by atoms with Gasteiger partial charge in [-0.2, -0.15) is 0 Å². The smallest absolute Gasteiger partial charge is 0.314 e. The zero-order valence-electron chi connectivity index (χ0n) is 13.2. The van der Waals surface area contributed by atoms with Crippen LogP contribution < -0.4 is 5.32 Å². The Labute approximate surface area is 132 Å². The van der Waals surface area contributed by atoms with Crippen LogP contribution in [0.4, 0.5) is 0 Å².